The molecule has 1 fully saturated rings. The lowest BCUT2D eigenvalue weighted by Gasteiger charge is -2.25. The first-order valence-electron chi connectivity index (χ1n) is 8.80. The van der Waals surface area contributed by atoms with Gasteiger partial charge in [-0.15, -0.1) is 0 Å². The van der Waals surface area contributed by atoms with Gasteiger partial charge in [-0.25, -0.2) is 0 Å². The molecule has 1 aliphatic heterocycles. The van der Waals surface area contributed by atoms with E-state index in [1.54, 1.807) is 12.1 Å². The molecule has 0 saturated carbocycles. The molecular formula is C19H22F2N2O4. The van der Waals surface area contributed by atoms with Gasteiger partial charge in [-0.3, -0.25) is 9.69 Å². The Morgan fingerprint density at radius 1 is 1.19 bits per heavy atom. The average Bonchev–Trinajstić information content (AvgIpc) is 3.12. The molecular weight excluding hydrogens is 358 g/mol. The second-order valence-electron chi connectivity index (χ2n) is 6.30. The molecule has 146 valence electrons. The molecule has 0 bridgehead atoms. The van der Waals surface area contributed by atoms with Crippen molar-refractivity contribution in [2.24, 2.45) is 0 Å². The predicted octanol–water partition coefficient (Wildman–Crippen LogP) is 4.13. The maximum absolute atomic E-state index is 12.4. The molecule has 1 saturated heterocycles. The number of nitrogens with one attached hydrogen (secondary N) is 1. The Hall–Kier alpha value is -2.61. The van der Waals surface area contributed by atoms with Crippen molar-refractivity contribution in [3.05, 3.63) is 41.9 Å². The van der Waals surface area contributed by atoms with Crippen molar-refractivity contribution < 1.29 is 27.5 Å². The molecule has 0 spiro atoms. The number of halogens is 2. The van der Waals surface area contributed by atoms with E-state index in [0.717, 1.165) is 18.8 Å². The number of carbonyl (C=O) groups is 1. The number of ether oxygens (including phenoxy) is 2. The van der Waals surface area contributed by atoms with Crippen LogP contribution < -0.4 is 14.8 Å². The summed E-state index contributed by atoms with van der Waals surface area (Å²) in [4.78, 5) is 14.7. The van der Waals surface area contributed by atoms with Crippen LogP contribution in [0.25, 0.3) is 0 Å². The van der Waals surface area contributed by atoms with Gasteiger partial charge < -0.3 is 19.2 Å². The number of piperidine rings is 1. The molecule has 0 radical (unpaired) electrons. The number of furan rings is 1. The van der Waals surface area contributed by atoms with Crippen molar-refractivity contribution in [3.8, 4) is 11.5 Å². The summed E-state index contributed by atoms with van der Waals surface area (Å²) in [5.74, 6) is 0.490. The van der Waals surface area contributed by atoms with Gasteiger partial charge in [0.05, 0.1) is 13.7 Å². The Balaban J connectivity index is 1.63. The Morgan fingerprint density at radius 2 is 1.96 bits per heavy atom. The van der Waals surface area contributed by atoms with E-state index >= 15 is 0 Å². The van der Waals surface area contributed by atoms with E-state index < -0.39 is 12.5 Å². The van der Waals surface area contributed by atoms with E-state index in [9.17, 15) is 13.6 Å². The summed E-state index contributed by atoms with van der Waals surface area (Å²) in [6.45, 7) is -0.203. The Kier molecular flexibility index (Phi) is 6.28. The number of rotatable bonds is 7. The van der Waals surface area contributed by atoms with Gasteiger partial charge in [0.25, 0.3) is 5.91 Å². The van der Waals surface area contributed by atoms with Crippen LogP contribution in [-0.2, 0) is 6.54 Å². The number of methoxy groups -OCH3 is 1. The Bertz CT molecular complexity index is 773. The van der Waals surface area contributed by atoms with Crippen LogP contribution in [0.2, 0.25) is 0 Å². The first kappa shape index (κ1) is 19.2. The van der Waals surface area contributed by atoms with Gasteiger partial charge >= 0.3 is 6.61 Å². The number of anilines is 1. The third-order valence-electron chi connectivity index (χ3n) is 4.35. The molecule has 2 heterocycles. The molecule has 2 aromatic rings. The molecule has 1 aromatic carbocycles. The lowest BCUT2D eigenvalue weighted by Crippen LogP contribution is -2.28. The number of carbonyl (C=O) groups excluding carboxylic acids is 1. The fourth-order valence-electron chi connectivity index (χ4n) is 3.05. The van der Waals surface area contributed by atoms with Crippen LogP contribution in [0.3, 0.4) is 0 Å². The van der Waals surface area contributed by atoms with E-state index in [2.05, 4.69) is 15.0 Å². The molecule has 3 rings (SSSR count). The molecule has 6 nitrogen and oxygen atoms in total. The van der Waals surface area contributed by atoms with Crippen LogP contribution in [-0.4, -0.2) is 37.6 Å². The van der Waals surface area contributed by atoms with Crippen molar-refractivity contribution in [2.45, 2.75) is 32.4 Å². The van der Waals surface area contributed by atoms with Gasteiger partial charge in [-0.1, -0.05) is 6.42 Å². The second-order valence-corrected chi connectivity index (χ2v) is 6.30. The molecule has 8 heteroatoms. The summed E-state index contributed by atoms with van der Waals surface area (Å²) < 4.78 is 39.8. The van der Waals surface area contributed by atoms with Crippen LogP contribution >= 0.6 is 0 Å². The van der Waals surface area contributed by atoms with Crippen molar-refractivity contribution >= 4 is 11.6 Å². The molecule has 0 unspecified atom stereocenters. The number of amides is 1. The predicted molar refractivity (Wildman–Crippen MR) is 95.4 cm³/mol. The van der Waals surface area contributed by atoms with E-state index in [0.29, 0.717) is 12.2 Å². The van der Waals surface area contributed by atoms with Crippen LogP contribution in [0.15, 0.2) is 34.7 Å². The van der Waals surface area contributed by atoms with Gasteiger partial charge in [-0.2, -0.15) is 8.78 Å². The minimum absolute atomic E-state index is 0.0957. The number of nitrogens with zero attached hydrogens (tertiary/aromatic N) is 1. The highest BCUT2D eigenvalue weighted by molar-refractivity contribution is 6.02. The van der Waals surface area contributed by atoms with Gasteiger partial charge in [0.15, 0.2) is 17.3 Å². The van der Waals surface area contributed by atoms with Gasteiger partial charge in [0.1, 0.15) is 5.76 Å². The first-order valence-corrected chi connectivity index (χ1v) is 8.80. The Labute approximate surface area is 156 Å². The van der Waals surface area contributed by atoms with Gasteiger partial charge in [0, 0.05) is 11.8 Å². The quantitative estimate of drug-likeness (QED) is 0.783. The summed E-state index contributed by atoms with van der Waals surface area (Å²) in [7, 11) is 1.33. The normalized spacial score (nSPS) is 15.0. The molecule has 27 heavy (non-hydrogen) atoms. The minimum Gasteiger partial charge on any atom is -0.493 e. The third-order valence-corrected chi connectivity index (χ3v) is 4.35. The largest absolute Gasteiger partial charge is 0.493 e. The van der Waals surface area contributed by atoms with E-state index in [-0.39, 0.29) is 17.3 Å². The van der Waals surface area contributed by atoms with Crippen LogP contribution in [0.1, 0.15) is 35.6 Å². The fraction of sp³-hybridized carbons (Fsp3) is 0.421. The number of alkyl halides is 2. The van der Waals surface area contributed by atoms with E-state index in [4.69, 9.17) is 9.15 Å². The fourth-order valence-corrected chi connectivity index (χ4v) is 3.05. The first-order chi connectivity index (χ1) is 13.0. The maximum atomic E-state index is 12.4. The Morgan fingerprint density at radius 3 is 2.67 bits per heavy atom. The number of likely N-dealkylation sites (tertiary alicyclic amines) is 1. The van der Waals surface area contributed by atoms with Crippen molar-refractivity contribution in [1.82, 2.24) is 4.90 Å². The zero-order valence-corrected chi connectivity index (χ0v) is 15.0. The highest BCUT2D eigenvalue weighted by atomic mass is 19.3. The standard InChI is InChI=1S/C19H22F2N2O4/c1-25-17-11-13(5-7-15(17)27-19(20)21)22-18(24)16-8-6-14(26-16)12-23-9-3-2-4-10-23/h5-8,11,19H,2-4,9-10,12H2,1H3,(H,22,24). The van der Waals surface area contributed by atoms with Crippen LogP contribution in [0.4, 0.5) is 14.5 Å². The topological polar surface area (TPSA) is 63.9 Å². The van der Waals surface area contributed by atoms with E-state index in [1.165, 1.54) is 44.6 Å². The molecule has 1 aromatic heterocycles. The van der Waals surface area contributed by atoms with Crippen molar-refractivity contribution in [3.63, 3.8) is 0 Å². The molecule has 0 aliphatic carbocycles. The third kappa shape index (κ3) is 5.19. The average molecular weight is 380 g/mol. The number of hydrogen-bond donors (Lipinski definition) is 1. The van der Waals surface area contributed by atoms with Crippen LogP contribution in [0, 0.1) is 0 Å². The number of benzene rings is 1. The molecule has 0 atom stereocenters. The summed E-state index contributed by atoms with van der Waals surface area (Å²) in [5.41, 5.74) is 0.382. The SMILES string of the molecule is COc1cc(NC(=O)c2ccc(CN3CCCCC3)o2)ccc1OC(F)F. The molecule has 1 amide bonds. The summed E-state index contributed by atoms with van der Waals surface area (Å²) >= 11 is 0. The zero-order chi connectivity index (χ0) is 19.2. The highest BCUT2D eigenvalue weighted by Gasteiger charge is 2.17. The lowest BCUT2D eigenvalue weighted by molar-refractivity contribution is -0.0512. The summed E-state index contributed by atoms with van der Waals surface area (Å²) in [6, 6.07) is 7.59. The highest BCUT2D eigenvalue weighted by Crippen LogP contribution is 2.31. The molecule has 1 aliphatic rings. The second kappa shape index (κ2) is 8.85. The van der Waals surface area contributed by atoms with Gasteiger partial charge in [0.2, 0.25) is 0 Å². The van der Waals surface area contributed by atoms with Crippen molar-refractivity contribution in [1.29, 1.82) is 0 Å². The van der Waals surface area contributed by atoms with E-state index in [1.807, 2.05) is 0 Å². The van der Waals surface area contributed by atoms with Crippen LogP contribution in [0.5, 0.6) is 11.5 Å². The summed E-state index contributed by atoms with van der Waals surface area (Å²) in [5, 5.41) is 2.66. The van der Waals surface area contributed by atoms with Crippen molar-refractivity contribution in [2.75, 3.05) is 25.5 Å². The maximum Gasteiger partial charge on any atom is 0.387 e. The van der Waals surface area contributed by atoms with Gasteiger partial charge in [-0.05, 0) is 50.2 Å². The monoisotopic (exact) mass is 380 g/mol. The lowest BCUT2D eigenvalue weighted by atomic mass is 10.1. The smallest absolute Gasteiger partial charge is 0.387 e. The molecule has 1 N–H and O–H groups in total. The number of hydrogen-bond acceptors (Lipinski definition) is 5. The summed E-state index contributed by atoms with van der Waals surface area (Å²) in [6.07, 6.45) is 3.62. The minimum atomic E-state index is -2.96. The zero-order valence-electron chi connectivity index (χ0n) is 15.0.